The number of rotatable bonds is 22. The average Bonchev–Trinajstić information content (AvgIpc) is 3.24. The highest BCUT2D eigenvalue weighted by Gasteiger charge is 2.38. The van der Waals surface area contributed by atoms with Crippen molar-refractivity contribution in [3.05, 3.63) is 28.8 Å². The van der Waals surface area contributed by atoms with E-state index in [1.54, 1.807) is 26.0 Å². The molecule has 45 heavy (non-hydrogen) atoms. The van der Waals surface area contributed by atoms with Crippen molar-refractivity contribution < 1.29 is 52.1 Å². The lowest BCUT2D eigenvalue weighted by Crippen LogP contribution is -2.35. The molecule has 0 bridgehead atoms. The monoisotopic (exact) mass is 674 g/mol. The number of unbranched alkanes of at least 4 members (excludes halogenated alkanes) is 3. The lowest BCUT2D eigenvalue weighted by Gasteiger charge is -2.15. The second-order valence-electron chi connectivity index (χ2n) is 10.7. The highest BCUT2D eigenvalue weighted by molar-refractivity contribution is 8.00. The van der Waals surface area contributed by atoms with Crippen LogP contribution in [0.3, 0.4) is 0 Å². The second-order valence-corrected chi connectivity index (χ2v) is 13.9. The molecule has 0 saturated carbocycles. The number of carbonyl (C=O) groups is 4. The van der Waals surface area contributed by atoms with Gasteiger partial charge in [-0.05, 0) is 67.7 Å². The molecule has 3 amide bonds. The summed E-state index contributed by atoms with van der Waals surface area (Å²) in [5.41, 5.74) is 2.22. The fraction of sp³-hybridized carbons (Fsp3) is 0.667. The summed E-state index contributed by atoms with van der Waals surface area (Å²) in [4.78, 5) is 59.3. The molecule has 0 aliphatic carbocycles. The number of likely N-dealkylation sites (tertiary alicyclic amines) is 1. The third-order valence-corrected chi connectivity index (χ3v) is 8.50. The van der Waals surface area contributed by atoms with Gasteiger partial charge in [0.1, 0.15) is 19.0 Å². The number of alkyl carbamates (subject to hydrolysis) is 1. The van der Waals surface area contributed by atoms with E-state index in [9.17, 15) is 23.7 Å². The molecule has 2 N–H and O–H groups in total. The van der Waals surface area contributed by atoms with Crippen molar-refractivity contribution in [2.24, 2.45) is 0 Å². The van der Waals surface area contributed by atoms with Crippen LogP contribution >= 0.6 is 19.4 Å². The molecule has 1 heterocycles. The lowest BCUT2D eigenvalue weighted by molar-refractivity contribution is -0.140. The maximum atomic E-state index is 12.6. The van der Waals surface area contributed by atoms with E-state index in [4.69, 9.17) is 28.4 Å². The number of hydrogen-bond donors (Lipinski definition) is 2. The number of nitrogens with zero attached hydrogens (tertiary/aromatic N) is 1. The topological polar surface area (TPSA) is 167 Å². The van der Waals surface area contributed by atoms with Gasteiger partial charge >= 0.3 is 19.7 Å². The molecule has 1 saturated heterocycles. The molecule has 2 rings (SSSR count). The average molecular weight is 675 g/mol. The highest BCUT2D eigenvalue weighted by Crippen LogP contribution is 2.36. The Morgan fingerprint density at radius 1 is 1.04 bits per heavy atom. The molecular formula is C30H47N2O11PS. The van der Waals surface area contributed by atoms with Crippen molar-refractivity contribution >= 4 is 43.2 Å². The summed E-state index contributed by atoms with van der Waals surface area (Å²) in [5.74, 6) is 0.314. The van der Waals surface area contributed by atoms with Gasteiger partial charge in [-0.1, -0.05) is 19.8 Å². The van der Waals surface area contributed by atoms with E-state index in [-0.39, 0.29) is 69.6 Å². The quantitative estimate of drug-likeness (QED) is 0.0595. The van der Waals surface area contributed by atoms with E-state index in [1.165, 1.54) is 16.7 Å². The molecule has 1 aliphatic heterocycles. The Balaban J connectivity index is 1.57. The van der Waals surface area contributed by atoms with Gasteiger partial charge in [0.25, 0.3) is 0 Å². The first kappa shape index (κ1) is 38.7. The number of thioether (sulfide) groups is 1. The van der Waals surface area contributed by atoms with Crippen molar-refractivity contribution in [1.29, 1.82) is 0 Å². The minimum absolute atomic E-state index is 0.0310. The van der Waals surface area contributed by atoms with E-state index in [1.807, 2.05) is 6.92 Å². The number of carbonyl (C=O) groups excluding carboxylic acids is 4. The summed E-state index contributed by atoms with van der Waals surface area (Å²) in [6, 6.07) is 3.57. The maximum absolute atomic E-state index is 12.6. The Morgan fingerprint density at radius 3 is 2.44 bits per heavy atom. The van der Waals surface area contributed by atoms with Crippen molar-refractivity contribution in [2.45, 2.75) is 71.2 Å². The van der Waals surface area contributed by atoms with E-state index in [0.717, 1.165) is 54.8 Å². The molecule has 1 aromatic carbocycles. The first-order chi connectivity index (χ1) is 21.4. The predicted molar refractivity (Wildman–Crippen MR) is 169 cm³/mol. The number of hydrogen-bond acceptors (Lipinski definition) is 11. The molecule has 0 radical (unpaired) electrons. The summed E-state index contributed by atoms with van der Waals surface area (Å²) >= 11 is 1.47. The van der Waals surface area contributed by atoms with Gasteiger partial charge in [0.05, 0.1) is 31.6 Å². The van der Waals surface area contributed by atoms with Crippen LogP contribution in [-0.4, -0.2) is 97.5 Å². The number of imide groups is 1. The molecule has 1 aliphatic rings. The van der Waals surface area contributed by atoms with E-state index in [2.05, 4.69) is 5.32 Å². The van der Waals surface area contributed by atoms with Gasteiger partial charge in [-0.25, -0.2) is 9.59 Å². The Hall–Kier alpha value is -2.48. The summed E-state index contributed by atoms with van der Waals surface area (Å²) in [6.45, 7) is 8.07. The fourth-order valence-corrected chi connectivity index (χ4v) is 6.10. The number of benzene rings is 1. The zero-order valence-corrected chi connectivity index (χ0v) is 28.4. The number of aryl methyl sites for hydroxylation is 2. The Bertz CT molecular complexity index is 1150. The molecule has 1 aromatic rings. The fourth-order valence-electron chi connectivity index (χ4n) is 4.45. The van der Waals surface area contributed by atoms with Crippen molar-refractivity contribution in [2.75, 3.05) is 58.5 Å². The van der Waals surface area contributed by atoms with E-state index in [0.29, 0.717) is 18.8 Å². The molecule has 0 aromatic heterocycles. The SMILES string of the molecule is CCCOCC(=O)Oc1c(C)cc(COC(=O)NCCOCCN2C(=O)CC(SCCCCCCOP(C)(=O)O)C2=O)cc1C. The van der Waals surface area contributed by atoms with Crippen molar-refractivity contribution in [3.8, 4) is 5.75 Å². The smallest absolute Gasteiger partial charge is 0.407 e. The predicted octanol–water partition coefficient (Wildman–Crippen LogP) is 4.13. The van der Waals surface area contributed by atoms with Gasteiger partial charge < -0.3 is 33.7 Å². The molecular weight excluding hydrogens is 627 g/mol. The summed E-state index contributed by atoms with van der Waals surface area (Å²) in [6.07, 6.45) is 3.70. The highest BCUT2D eigenvalue weighted by atomic mass is 32.2. The molecule has 2 atom stereocenters. The Labute approximate surface area is 269 Å². The van der Waals surface area contributed by atoms with Crippen LogP contribution in [0.25, 0.3) is 0 Å². The van der Waals surface area contributed by atoms with Crippen LogP contribution in [0.4, 0.5) is 4.79 Å². The van der Waals surface area contributed by atoms with Crippen LogP contribution in [0, 0.1) is 13.8 Å². The maximum Gasteiger partial charge on any atom is 0.407 e. The molecule has 15 heteroatoms. The van der Waals surface area contributed by atoms with Crippen LogP contribution in [-0.2, 0) is 44.3 Å². The minimum Gasteiger partial charge on any atom is -0.445 e. The number of amides is 3. The second kappa shape index (κ2) is 20.6. The number of ether oxygens (including phenoxy) is 4. The zero-order chi connectivity index (χ0) is 33.2. The van der Waals surface area contributed by atoms with Crippen molar-refractivity contribution in [3.63, 3.8) is 0 Å². The molecule has 0 spiro atoms. The Morgan fingerprint density at radius 2 is 1.76 bits per heavy atom. The third-order valence-electron chi connectivity index (χ3n) is 6.54. The normalized spacial score (nSPS) is 16.1. The molecule has 13 nitrogen and oxygen atoms in total. The first-order valence-corrected chi connectivity index (χ1v) is 18.3. The molecule has 254 valence electrons. The van der Waals surface area contributed by atoms with Crippen molar-refractivity contribution in [1.82, 2.24) is 10.2 Å². The summed E-state index contributed by atoms with van der Waals surface area (Å²) in [5, 5.41) is 2.21. The Kier molecular flexibility index (Phi) is 17.7. The van der Waals surface area contributed by atoms with Gasteiger partial charge in [-0.15, -0.1) is 11.8 Å². The van der Waals surface area contributed by atoms with Gasteiger partial charge in [0, 0.05) is 26.2 Å². The van der Waals surface area contributed by atoms with Gasteiger partial charge in [-0.2, -0.15) is 0 Å². The van der Waals surface area contributed by atoms with Crippen LogP contribution in [0.2, 0.25) is 0 Å². The van der Waals surface area contributed by atoms with E-state index < -0.39 is 19.7 Å². The zero-order valence-electron chi connectivity index (χ0n) is 26.7. The summed E-state index contributed by atoms with van der Waals surface area (Å²) < 4.78 is 37.3. The largest absolute Gasteiger partial charge is 0.445 e. The number of esters is 1. The number of nitrogens with one attached hydrogen (secondary N) is 1. The van der Waals surface area contributed by atoms with Crippen LogP contribution < -0.4 is 10.1 Å². The van der Waals surface area contributed by atoms with E-state index >= 15 is 0 Å². The minimum atomic E-state index is -3.42. The lowest BCUT2D eigenvalue weighted by atomic mass is 10.1. The molecule has 1 fully saturated rings. The molecule has 2 unspecified atom stereocenters. The third kappa shape index (κ3) is 15.6. The van der Waals surface area contributed by atoms with Gasteiger partial charge in [0.15, 0.2) is 0 Å². The first-order valence-electron chi connectivity index (χ1n) is 15.2. The van der Waals surface area contributed by atoms with Gasteiger partial charge in [-0.3, -0.25) is 19.1 Å². The van der Waals surface area contributed by atoms with Crippen LogP contribution in [0.15, 0.2) is 12.1 Å². The van der Waals surface area contributed by atoms with Crippen LogP contribution in [0.1, 0.15) is 62.1 Å². The van der Waals surface area contributed by atoms with Gasteiger partial charge in [0.2, 0.25) is 11.8 Å². The summed E-state index contributed by atoms with van der Waals surface area (Å²) in [7, 11) is -3.42. The standard InChI is InChI=1S/C30H47N2O11PS/c1-5-12-40-21-27(34)43-28-22(2)17-24(18-23(28)3)20-41-30(36)31-10-14-39-15-11-32-26(33)19-25(29(32)35)45-16-9-7-6-8-13-42-44(4,37)38/h17-18,25H,5-16,19-21H2,1-4H3,(H,31,36)(H,37,38). The van der Waals surface area contributed by atoms with Crippen LogP contribution in [0.5, 0.6) is 5.75 Å².